The van der Waals surface area contributed by atoms with Crippen LogP contribution in [0, 0.1) is 23.2 Å². The fraction of sp³-hybridized carbons (Fsp3) is 0.897. The lowest BCUT2D eigenvalue weighted by atomic mass is 9.80. The highest BCUT2D eigenvalue weighted by molar-refractivity contribution is 5.85. The molecule has 0 aromatic carbocycles. The summed E-state index contributed by atoms with van der Waals surface area (Å²) in [5.74, 6) is 0.837. The third kappa shape index (κ3) is 7.92. The van der Waals surface area contributed by atoms with Gasteiger partial charge in [-0.1, -0.05) is 40.0 Å². The third-order valence-electron chi connectivity index (χ3n) is 8.97. The number of nitrogens with two attached hydrogens (primary N) is 1. The normalized spacial score (nSPS) is 27.8. The minimum Gasteiger partial charge on any atom is -0.396 e. The highest BCUT2D eigenvalue weighted by Gasteiger charge is 2.60. The number of carbonyl (C=O) groups is 3. The second-order valence-electron chi connectivity index (χ2n) is 12.5. The maximum absolute atomic E-state index is 12.2. The smallest absolute Gasteiger partial charge is 0.226 e. The molecule has 8 nitrogen and oxygen atoms in total. The molecule has 0 aromatic heterocycles. The van der Waals surface area contributed by atoms with E-state index in [1.165, 1.54) is 51.4 Å². The zero-order valence-electron chi connectivity index (χ0n) is 23.5. The number of aliphatic hydroxyl groups is 1. The highest BCUT2D eigenvalue weighted by atomic mass is 16.5. The zero-order valence-corrected chi connectivity index (χ0v) is 23.5. The molecule has 3 N–H and O–H groups in total. The summed E-state index contributed by atoms with van der Waals surface area (Å²) >= 11 is 0. The number of nitrogens with zero attached hydrogens (tertiary/aromatic N) is 2. The van der Waals surface area contributed by atoms with E-state index in [1.807, 2.05) is 9.80 Å². The monoisotopic (exact) mass is 523 g/mol. The summed E-state index contributed by atoms with van der Waals surface area (Å²) in [5.41, 5.74) is 5.08. The Morgan fingerprint density at radius 2 is 1.54 bits per heavy atom. The summed E-state index contributed by atoms with van der Waals surface area (Å²) in [6, 6.07) is 0. The number of hydrogen-bond donors (Lipinski definition) is 2. The fourth-order valence-corrected chi connectivity index (χ4v) is 6.21. The minimum atomic E-state index is -0.472. The van der Waals surface area contributed by atoms with Gasteiger partial charge in [-0.2, -0.15) is 0 Å². The van der Waals surface area contributed by atoms with Gasteiger partial charge in [-0.25, -0.2) is 0 Å². The van der Waals surface area contributed by atoms with Crippen LogP contribution in [0.2, 0.25) is 0 Å². The Morgan fingerprint density at radius 1 is 0.946 bits per heavy atom. The van der Waals surface area contributed by atoms with Crippen molar-refractivity contribution < 1.29 is 25.7 Å². The van der Waals surface area contributed by atoms with Gasteiger partial charge in [0.05, 0.1) is 19.0 Å². The number of rotatable bonds is 5. The largest absolute Gasteiger partial charge is 0.396 e. The standard InChI is InChI=1S/C13H20N2O3.C9H17NO.C7H14O.H2/c1-12(2)5-9(12)11(17)15-6-13(7-15)8(10(14)16)3-4-18-13;1-2-6-9(11)10-7-4-3-5-8-10;8-6-7-4-2-1-3-5-7;/h8-9H,3-7H2,1-2H3,(H2,14,16);2-8H2,1H3;7-8H,1-6H2;1H/t8?,9-;;;/m1.../s1. The summed E-state index contributed by atoms with van der Waals surface area (Å²) in [4.78, 5) is 38.7. The Hall–Kier alpha value is -1.67. The quantitative estimate of drug-likeness (QED) is 0.570. The molecule has 3 heterocycles. The maximum atomic E-state index is 12.2. The van der Waals surface area contributed by atoms with E-state index in [1.54, 1.807) is 0 Å². The predicted octanol–water partition coefficient (Wildman–Crippen LogP) is 3.74. The van der Waals surface area contributed by atoms with E-state index in [9.17, 15) is 14.4 Å². The van der Waals surface area contributed by atoms with Gasteiger partial charge in [0.15, 0.2) is 0 Å². The molecule has 2 aliphatic carbocycles. The molecular formula is C29H53N3O5. The highest BCUT2D eigenvalue weighted by Crippen LogP contribution is 2.53. The number of amides is 3. The van der Waals surface area contributed by atoms with Crippen LogP contribution in [0.1, 0.15) is 99.2 Å². The summed E-state index contributed by atoms with van der Waals surface area (Å²) in [5, 5.41) is 8.69. The maximum Gasteiger partial charge on any atom is 0.226 e. The van der Waals surface area contributed by atoms with Gasteiger partial charge in [-0.05, 0) is 62.7 Å². The molecular weight excluding hydrogens is 470 g/mol. The average Bonchev–Trinajstić information content (AvgIpc) is 3.30. The molecule has 0 aromatic rings. The lowest BCUT2D eigenvalue weighted by Gasteiger charge is -2.49. The fourth-order valence-electron chi connectivity index (χ4n) is 6.21. The van der Waals surface area contributed by atoms with Crippen molar-refractivity contribution in [2.75, 3.05) is 39.4 Å². The van der Waals surface area contributed by atoms with Crippen LogP contribution in [0.15, 0.2) is 0 Å². The second-order valence-corrected chi connectivity index (χ2v) is 12.5. The SMILES string of the molecule is CC1(C)C[C@@H]1C(=O)N1CC2(C1)OCCC2C(N)=O.CCCC(=O)N1CCCCC1.OCC1CCCCC1.[HH]. The Balaban J connectivity index is 0.000000218. The summed E-state index contributed by atoms with van der Waals surface area (Å²) in [6.07, 6.45) is 13.7. The summed E-state index contributed by atoms with van der Waals surface area (Å²) in [6.45, 7) is 10.3. The molecule has 0 bridgehead atoms. The van der Waals surface area contributed by atoms with Crippen LogP contribution in [0.5, 0.6) is 0 Å². The van der Waals surface area contributed by atoms with Crippen molar-refractivity contribution in [1.29, 1.82) is 0 Å². The van der Waals surface area contributed by atoms with Crippen molar-refractivity contribution in [1.82, 2.24) is 9.80 Å². The lowest BCUT2D eigenvalue weighted by Crippen LogP contribution is -2.68. The van der Waals surface area contributed by atoms with Crippen LogP contribution in [-0.4, -0.2) is 77.6 Å². The Bertz CT molecular complexity index is 774. The first-order chi connectivity index (χ1) is 17.6. The lowest BCUT2D eigenvalue weighted by molar-refractivity contribution is -0.170. The number of primary amides is 1. The van der Waals surface area contributed by atoms with Gasteiger partial charge in [-0.15, -0.1) is 0 Å². The summed E-state index contributed by atoms with van der Waals surface area (Å²) < 4.78 is 5.69. The topological polar surface area (TPSA) is 113 Å². The van der Waals surface area contributed by atoms with E-state index in [0.29, 0.717) is 44.5 Å². The van der Waals surface area contributed by atoms with Gasteiger partial charge in [0.1, 0.15) is 5.60 Å². The van der Waals surface area contributed by atoms with Crippen molar-refractivity contribution in [2.24, 2.45) is 28.9 Å². The van der Waals surface area contributed by atoms with Crippen molar-refractivity contribution in [2.45, 2.75) is 103 Å². The van der Waals surface area contributed by atoms with Crippen LogP contribution in [0.3, 0.4) is 0 Å². The van der Waals surface area contributed by atoms with E-state index >= 15 is 0 Å². The average molecular weight is 524 g/mol. The van der Waals surface area contributed by atoms with E-state index in [2.05, 4.69) is 20.8 Å². The van der Waals surface area contributed by atoms with Crippen molar-refractivity contribution in [3.05, 3.63) is 0 Å². The van der Waals surface area contributed by atoms with E-state index < -0.39 is 5.60 Å². The molecule has 8 heteroatoms. The molecule has 5 aliphatic rings. The summed E-state index contributed by atoms with van der Waals surface area (Å²) in [7, 11) is 0. The van der Waals surface area contributed by atoms with Gasteiger partial charge in [-0.3, -0.25) is 14.4 Å². The van der Waals surface area contributed by atoms with Gasteiger partial charge in [0.2, 0.25) is 17.7 Å². The number of piperidine rings is 1. The van der Waals surface area contributed by atoms with Gasteiger partial charge >= 0.3 is 0 Å². The van der Waals surface area contributed by atoms with Crippen LogP contribution in [-0.2, 0) is 19.1 Å². The molecule has 3 aliphatic heterocycles. The van der Waals surface area contributed by atoms with Gasteiger partial charge in [0, 0.05) is 40.1 Å². The first-order valence-electron chi connectivity index (χ1n) is 14.7. The van der Waals surface area contributed by atoms with E-state index in [-0.39, 0.29) is 30.5 Å². The van der Waals surface area contributed by atoms with Crippen molar-refractivity contribution in [3.63, 3.8) is 0 Å². The van der Waals surface area contributed by atoms with Gasteiger partial charge < -0.3 is 25.4 Å². The molecule has 5 fully saturated rings. The second kappa shape index (κ2) is 13.4. The molecule has 1 spiro atoms. The number of hydrogen-bond acceptors (Lipinski definition) is 5. The molecule has 214 valence electrons. The Kier molecular flexibility index (Phi) is 10.8. The molecule has 3 amide bonds. The first kappa shape index (κ1) is 29.9. The van der Waals surface area contributed by atoms with E-state index in [0.717, 1.165) is 32.4 Å². The minimum absolute atomic E-state index is 0. The van der Waals surface area contributed by atoms with Crippen LogP contribution >= 0.6 is 0 Å². The number of ether oxygens (including phenoxy) is 1. The first-order valence-corrected chi connectivity index (χ1v) is 14.7. The van der Waals surface area contributed by atoms with E-state index in [4.69, 9.17) is 15.6 Å². The Labute approximate surface area is 225 Å². The molecule has 1 unspecified atom stereocenters. The van der Waals surface area contributed by atoms with Crippen LogP contribution in [0.25, 0.3) is 0 Å². The van der Waals surface area contributed by atoms with Gasteiger partial charge in [0.25, 0.3) is 0 Å². The molecule has 2 saturated carbocycles. The Morgan fingerprint density at radius 3 is 2.03 bits per heavy atom. The molecule has 5 rings (SSSR count). The van der Waals surface area contributed by atoms with Crippen LogP contribution in [0.4, 0.5) is 0 Å². The van der Waals surface area contributed by atoms with Crippen LogP contribution < -0.4 is 5.73 Å². The number of carbonyl (C=O) groups excluding carboxylic acids is 3. The molecule has 0 radical (unpaired) electrons. The molecule has 3 saturated heterocycles. The molecule has 37 heavy (non-hydrogen) atoms. The van der Waals surface area contributed by atoms with Crippen molar-refractivity contribution in [3.8, 4) is 0 Å². The molecule has 2 atom stereocenters. The third-order valence-corrected chi connectivity index (χ3v) is 8.97. The van der Waals surface area contributed by atoms with Crippen molar-refractivity contribution >= 4 is 17.7 Å². The number of aliphatic hydroxyl groups excluding tert-OH is 1. The predicted molar refractivity (Wildman–Crippen MR) is 146 cm³/mol. The zero-order chi connectivity index (χ0) is 27.1. The number of likely N-dealkylation sites (tertiary alicyclic amines) is 2.